The molecule has 148 valence electrons. The molecule has 1 aliphatic heterocycles. The predicted octanol–water partition coefficient (Wildman–Crippen LogP) is 1.88. The summed E-state index contributed by atoms with van der Waals surface area (Å²) >= 11 is 0. The number of hydrogen-bond donors (Lipinski definition) is 2. The predicted molar refractivity (Wildman–Crippen MR) is 98.9 cm³/mol. The normalized spacial score (nSPS) is 20.3. The molecule has 2 amide bonds. The van der Waals surface area contributed by atoms with Gasteiger partial charge in [-0.05, 0) is 44.0 Å². The van der Waals surface area contributed by atoms with Crippen molar-refractivity contribution >= 4 is 12.0 Å². The summed E-state index contributed by atoms with van der Waals surface area (Å²) in [6.45, 7) is 5.97. The van der Waals surface area contributed by atoms with Crippen molar-refractivity contribution in [2.75, 3.05) is 26.4 Å². The van der Waals surface area contributed by atoms with E-state index >= 15 is 0 Å². The highest BCUT2D eigenvalue weighted by Crippen LogP contribution is 2.33. The van der Waals surface area contributed by atoms with Crippen LogP contribution < -0.4 is 14.8 Å². The van der Waals surface area contributed by atoms with Crippen molar-refractivity contribution in [1.82, 2.24) is 15.1 Å². The van der Waals surface area contributed by atoms with Gasteiger partial charge in [0.1, 0.15) is 0 Å². The van der Waals surface area contributed by atoms with E-state index in [2.05, 4.69) is 5.32 Å². The Morgan fingerprint density at radius 2 is 1.93 bits per heavy atom. The number of carboxylic acid groups (broad SMARTS) is 1. The Labute approximate surface area is 159 Å². The molecule has 0 spiro atoms. The van der Waals surface area contributed by atoms with E-state index in [4.69, 9.17) is 14.6 Å². The van der Waals surface area contributed by atoms with Crippen LogP contribution in [0.4, 0.5) is 4.79 Å². The topological polar surface area (TPSA) is 91.3 Å². The molecule has 0 radical (unpaired) electrons. The number of likely N-dealkylation sites (N-methyl/N-ethyl adjacent to an activating group) is 1. The van der Waals surface area contributed by atoms with Crippen molar-refractivity contribution < 1.29 is 24.2 Å². The highest BCUT2D eigenvalue weighted by atomic mass is 16.7. The molecule has 1 heterocycles. The maximum absolute atomic E-state index is 12.6. The highest BCUT2D eigenvalue weighted by molar-refractivity contribution is 5.74. The fraction of sp³-hybridized carbons (Fsp3) is 0.579. The van der Waals surface area contributed by atoms with Crippen LogP contribution in [-0.2, 0) is 11.3 Å². The maximum atomic E-state index is 12.6. The van der Waals surface area contributed by atoms with E-state index in [0.717, 1.165) is 24.2 Å². The van der Waals surface area contributed by atoms with Crippen molar-refractivity contribution in [2.24, 2.45) is 0 Å². The van der Waals surface area contributed by atoms with E-state index < -0.39 is 5.97 Å². The number of hydrogen-bond acceptors (Lipinski definition) is 5. The molecule has 0 saturated heterocycles. The molecule has 27 heavy (non-hydrogen) atoms. The second-order valence-corrected chi connectivity index (χ2v) is 6.93. The third-order valence-electron chi connectivity index (χ3n) is 5.18. The fourth-order valence-corrected chi connectivity index (χ4v) is 3.53. The summed E-state index contributed by atoms with van der Waals surface area (Å²) < 4.78 is 10.7. The Morgan fingerprint density at radius 1 is 1.19 bits per heavy atom. The molecule has 0 unspecified atom stereocenters. The number of rotatable bonds is 8. The number of fused-ring (bicyclic) bond motifs is 1. The van der Waals surface area contributed by atoms with Gasteiger partial charge in [-0.2, -0.15) is 0 Å². The molecular formula is C19H27N3O5. The zero-order valence-corrected chi connectivity index (χ0v) is 15.8. The minimum atomic E-state index is -0.815. The second kappa shape index (κ2) is 8.47. The number of aliphatic carboxylic acids is 1. The van der Waals surface area contributed by atoms with Gasteiger partial charge in [-0.1, -0.05) is 13.0 Å². The van der Waals surface area contributed by atoms with Crippen molar-refractivity contribution in [2.45, 2.75) is 45.3 Å². The Balaban J connectivity index is 1.49. The summed E-state index contributed by atoms with van der Waals surface area (Å²) in [7, 11) is 0. The fourth-order valence-electron chi connectivity index (χ4n) is 3.53. The average Bonchev–Trinajstić information content (AvgIpc) is 3.08. The minimum Gasteiger partial charge on any atom is -0.480 e. The molecule has 0 aromatic heterocycles. The lowest BCUT2D eigenvalue weighted by molar-refractivity contribution is -0.139. The van der Waals surface area contributed by atoms with Crippen LogP contribution in [0.2, 0.25) is 0 Å². The second-order valence-electron chi connectivity index (χ2n) is 6.93. The van der Waals surface area contributed by atoms with Gasteiger partial charge >= 0.3 is 12.0 Å². The van der Waals surface area contributed by atoms with Gasteiger partial charge in [0.2, 0.25) is 6.79 Å². The molecule has 1 saturated carbocycles. The third-order valence-corrected chi connectivity index (χ3v) is 5.18. The first-order valence-electron chi connectivity index (χ1n) is 9.40. The van der Waals surface area contributed by atoms with E-state index in [0.29, 0.717) is 25.4 Å². The molecule has 1 fully saturated rings. The Kier molecular flexibility index (Phi) is 6.05. The number of nitrogens with zero attached hydrogens (tertiary/aromatic N) is 2. The first kappa shape index (κ1) is 19.3. The third kappa shape index (κ3) is 4.63. The highest BCUT2D eigenvalue weighted by Gasteiger charge is 2.35. The Hall–Kier alpha value is -2.48. The number of carbonyl (C=O) groups excluding carboxylic acids is 1. The number of ether oxygens (including phenoxy) is 2. The number of urea groups is 1. The van der Waals surface area contributed by atoms with Gasteiger partial charge < -0.3 is 24.8 Å². The Morgan fingerprint density at radius 3 is 2.59 bits per heavy atom. The van der Waals surface area contributed by atoms with E-state index in [-0.39, 0.29) is 31.5 Å². The lowest BCUT2D eigenvalue weighted by Gasteiger charge is -2.42. The SMILES string of the molecule is CCN(Cc1ccc2c(c1)OCO2)C(=O)NC1CC(N(CC)CC(=O)O)C1. The van der Waals surface area contributed by atoms with Crippen LogP contribution in [-0.4, -0.2) is 65.4 Å². The molecule has 8 nitrogen and oxygen atoms in total. The van der Waals surface area contributed by atoms with Gasteiger partial charge in [0.15, 0.2) is 11.5 Å². The number of carbonyl (C=O) groups is 2. The molecule has 2 aliphatic rings. The summed E-state index contributed by atoms with van der Waals surface area (Å²) in [4.78, 5) is 27.2. The van der Waals surface area contributed by atoms with Gasteiger partial charge in [0.05, 0.1) is 6.54 Å². The lowest BCUT2D eigenvalue weighted by Crippen LogP contribution is -2.56. The van der Waals surface area contributed by atoms with Crippen LogP contribution >= 0.6 is 0 Å². The van der Waals surface area contributed by atoms with Gasteiger partial charge in [-0.3, -0.25) is 9.69 Å². The largest absolute Gasteiger partial charge is 0.480 e. The van der Waals surface area contributed by atoms with Crippen molar-refractivity contribution in [3.8, 4) is 11.5 Å². The standard InChI is InChI=1S/C19H27N3O5/c1-3-21(11-18(23)24)15-8-14(9-15)20-19(25)22(4-2)10-13-5-6-16-17(7-13)27-12-26-16/h5-7,14-15H,3-4,8-12H2,1-2H3,(H,20,25)(H,23,24). The molecule has 3 rings (SSSR count). The number of carboxylic acids is 1. The zero-order chi connectivity index (χ0) is 19.4. The molecule has 0 atom stereocenters. The molecule has 1 aliphatic carbocycles. The van der Waals surface area contributed by atoms with Crippen LogP contribution in [0, 0.1) is 0 Å². The lowest BCUT2D eigenvalue weighted by atomic mass is 9.85. The van der Waals surface area contributed by atoms with Crippen LogP contribution in [0.25, 0.3) is 0 Å². The molecule has 1 aromatic rings. The van der Waals surface area contributed by atoms with Crippen LogP contribution in [0.15, 0.2) is 18.2 Å². The van der Waals surface area contributed by atoms with Crippen molar-refractivity contribution in [3.63, 3.8) is 0 Å². The average molecular weight is 377 g/mol. The summed E-state index contributed by atoms with van der Waals surface area (Å²) in [5.41, 5.74) is 0.987. The molecule has 8 heteroatoms. The minimum absolute atomic E-state index is 0.0486. The van der Waals surface area contributed by atoms with Gasteiger partial charge in [0, 0.05) is 25.2 Å². The molecular weight excluding hydrogens is 350 g/mol. The van der Waals surface area contributed by atoms with E-state index in [1.165, 1.54) is 0 Å². The summed E-state index contributed by atoms with van der Waals surface area (Å²) in [5.74, 6) is 0.628. The smallest absolute Gasteiger partial charge is 0.317 e. The van der Waals surface area contributed by atoms with Crippen molar-refractivity contribution in [3.05, 3.63) is 23.8 Å². The quantitative estimate of drug-likeness (QED) is 0.719. The summed E-state index contributed by atoms with van der Waals surface area (Å²) in [6.07, 6.45) is 1.57. The van der Waals surface area contributed by atoms with E-state index in [1.807, 2.05) is 36.9 Å². The number of nitrogens with one attached hydrogen (secondary N) is 1. The maximum Gasteiger partial charge on any atom is 0.317 e. The molecule has 1 aromatic carbocycles. The first-order valence-corrected chi connectivity index (χ1v) is 9.40. The van der Waals surface area contributed by atoms with Gasteiger partial charge in [0.25, 0.3) is 0 Å². The summed E-state index contributed by atoms with van der Waals surface area (Å²) in [5, 5.41) is 12.0. The zero-order valence-electron chi connectivity index (χ0n) is 15.8. The monoisotopic (exact) mass is 377 g/mol. The van der Waals surface area contributed by atoms with Gasteiger partial charge in [-0.15, -0.1) is 0 Å². The molecule has 2 N–H and O–H groups in total. The number of amides is 2. The Bertz CT molecular complexity index is 690. The van der Waals surface area contributed by atoms with Crippen LogP contribution in [0.3, 0.4) is 0 Å². The van der Waals surface area contributed by atoms with Gasteiger partial charge in [-0.25, -0.2) is 4.79 Å². The van der Waals surface area contributed by atoms with Crippen molar-refractivity contribution in [1.29, 1.82) is 0 Å². The van der Waals surface area contributed by atoms with Crippen LogP contribution in [0.5, 0.6) is 11.5 Å². The van der Waals surface area contributed by atoms with E-state index in [9.17, 15) is 9.59 Å². The molecule has 0 bridgehead atoms. The number of benzene rings is 1. The first-order chi connectivity index (χ1) is 13.0. The van der Waals surface area contributed by atoms with E-state index in [1.54, 1.807) is 4.90 Å². The summed E-state index contributed by atoms with van der Waals surface area (Å²) in [6, 6.07) is 5.93. The van der Waals surface area contributed by atoms with Crippen LogP contribution in [0.1, 0.15) is 32.3 Å².